The summed E-state index contributed by atoms with van der Waals surface area (Å²) < 4.78 is 0. The van der Waals surface area contributed by atoms with Gasteiger partial charge in [-0.1, -0.05) is 52.0 Å². The summed E-state index contributed by atoms with van der Waals surface area (Å²) in [6, 6.07) is 8.58. The van der Waals surface area contributed by atoms with Crippen LogP contribution in [0.2, 0.25) is 0 Å². The van der Waals surface area contributed by atoms with Crippen LogP contribution in [0, 0.1) is 5.92 Å². The summed E-state index contributed by atoms with van der Waals surface area (Å²) in [4.78, 5) is 11.5. The van der Waals surface area contributed by atoms with Crippen LogP contribution in [-0.2, 0) is 4.79 Å². The third kappa shape index (κ3) is 4.35. The van der Waals surface area contributed by atoms with E-state index in [-0.39, 0.29) is 18.5 Å². The van der Waals surface area contributed by atoms with E-state index in [0.29, 0.717) is 11.8 Å². The van der Waals surface area contributed by atoms with Crippen LogP contribution in [0.4, 0.5) is 0 Å². The van der Waals surface area contributed by atoms with Crippen LogP contribution < -0.4 is 11.1 Å². The number of rotatable bonds is 6. The van der Waals surface area contributed by atoms with Crippen molar-refractivity contribution in [2.45, 2.75) is 46.1 Å². The van der Waals surface area contributed by atoms with E-state index in [1.807, 2.05) is 0 Å². The lowest BCUT2D eigenvalue weighted by atomic mass is 9.92. The van der Waals surface area contributed by atoms with E-state index in [0.717, 1.165) is 12.0 Å². The first kappa shape index (κ1) is 15.7. The molecule has 1 aromatic rings. The second-order valence-electron chi connectivity index (χ2n) is 5.47. The number of hydrogen-bond acceptors (Lipinski definition) is 2. The summed E-state index contributed by atoms with van der Waals surface area (Å²) in [5.74, 6) is 0.805. The van der Waals surface area contributed by atoms with Gasteiger partial charge in [0.15, 0.2) is 0 Å². The summed E-state index contributed by atoms with van der Waals surface area (Å²) in [6.45, 7) is 8.66. The normalized spacial score (nSPS) is 14.2. The molecule has 0 aliphatic rings. The Morgan fingerprint density at radius 1 is 1.16 bits per heavy atom. The van der Waals surface area contributed by atoms with Crippen LogP contribution in [0.15, 0.2) is 24.3 Å². The van der Waals surface area contributed by atoms with Crippen LogP contribution in [0.25, 0.3) is 0 Å². The fourth-order valence-corrected chi connectivity index (χ4v) is 2.13. The van der Waals surface area contributed by atoms with Crippen molar-refractivity contribution in [1.29, 1.82) is 0 Å². The molecule has 2 atom stereocenters. The number of nitrogens with two attached hydrogens (primary N) is 1. The van der Waals surface area contributed by atoms with Gasteiger partial charge < -0.3 is 11.1 Å². The fourth-order valence-electron chi connectivity index (χ4n) is 2.13. The highest BCUT2D eigenvalue weighted by atomic mass is 16.1. The predicted molar refractivity (Wildman–Crippen MR) is 79.9 cm³/mol. The molecule has 0 radical (unpaired) electrons. The Hall–Kier alpha value is -1.35. The minimum atomic E-state index is -0.107. The molecule has 1 amide bonds. The van der Waals surface area contributed by atoms with Crippen molar-refractivity contribution < 1.29 is 4.79 Å². The van der Waals surface area contributed by atoms with Crippen molar-refractivity contribution in [3.63, 3.8) is 0 Å². The Balaban J connectivity index is 2.88. The second kappa shape index (κ2) is 7.29. The molecule has 3 N–H and O–H groups in total. The number of benzene rings is 1. The smallest absolute Gasteiger partial charge is 0.234 e. The molecule has 0 heterocycles. The highest BCUT2D eigenvalue weighted by Gasteiger charge is 2.17. The van der Waals surface area contributed by atoms with Crippen molar-refractivity contribution in [3.8, 4) is 0 Å². The molecule has 0 aliphatic carbocycles. The summed E-state index contributed by atoms with van der Waals surface area (Å²) in [6.07, 6.45) is 1.14. The molecule has 0 fully saturated rings. The molecule has 1 rings (SSSR count). The third-order valence-corrected chi connectivity index (χ3v) is 3.65. The van der Waals surface area contributed by atoms with Crippen molar-refractivity contribution in [1.82, 2.24) is 5.32 Å². The monoisotopic (exact) mass is 262 g/mol. The first-order valence-corrected chi connectivity index (χ1v) is 7.08. The molecule has 0 spiro atoms. The molecule has 1 aromatic carbocycles. The molecule has 19 heavy (non-hydrogen) atoms. The van der Waals surface area contributed by atoms with E-state index in [9.17, 15) is 4.79 Å². The van der Waals surface area contributed by atoms with Gasteiger partial charge in [-0.15, -0.1) is 0 Å². The van der Waals surface area contributed by atoms with Crippen molar-refractivity contribution >= 4 is 5.91 Å². The lowest BCUT2D eigenvalue weighted by Crippen LogP contribution is -2.36. The molecular formula is C16H26N2O. The van der Waals surface area contributed by atoms with Gasteiger partial charge in [0.2, 0.25) is 5.91 Å². The third-order valence-electron chi connectivity index (χ3n) is 3.65. The highest BCUT2D eigenvalue weighted by molar-refractivity contribution is 5.78. The maximum absolute atomic E-state index is 11.5. The Kier molecular flexibility index (Phi) is 6.03. The Labute approximate surface area is 116 Å². The van der Waals surface area contributed by atoms with E-state index in [1.54, 1.807) is 0 Å². The standard InChI is InChI=1S/C16H26N2O/c1-5-12(4)13-6-8-14(9-7-13)16(11(2)3)18-15(19)10-17/h6-9,11-12,16H,5,10,17H2,1-4H3,(H,18,19). The van der Waals surface area contributed by atoms with Gasteiger partial charge in [-0.25, -0.2) is 0 Å². The van der Waals surface area contributed by atoms with E-state index in [4.69, 9.17) is 5.73 Å². The van der Waals surface area contributed by atoms with Gasteiger partial charge in [-0.2, -0.15) is 0 Å². The summed E-state index contributed by atoms with van der Waals surface area (Å²) in [5, 5.41) is 2.98. The quantitative estimate of drug-likeness (QED) is 0.828. The van der Waals surface area contributed by atoms with Crippen LogP contribution >= 0.6 is 0 Å². The molecule has 3 heteroatoms. The summed E-state index contributed by atoms with van der Waals surface area (Å²) in [7, 11) is 0. The number of nitrogens with one attached hydrogen (secondary N) is 1. The van der Waals surface area contributed by atoms with Gasteiger partial charge >= 0.3 is 0 Å². The minimum absolute atomic E-state index is 0.0297. The zero-order valence-electron chi connectivity index (χ0n) is 12.4. The first-order chi connectivity index (χ1) is 8.99. The zero-order chi connectivity index (χ0) is 14.4. The van der Waals surface area contributed by atoms with Crippen LogP contribution in [0.3, 0.4) is 0 Å². The number of carbonyl (C=O) groups is 1. The minimum Gasteiger partial charge on any atom is -0.348 e. The number of amides is 1. The molecule has 106 valence electrons. The lowest BCUT2D eigenvalue weighted by molar-refractivity contribution is -0.120. The number of carbonyl (C=O) groups excluding carboxylic acids is 1. The Bertz CT molecular complexity index is 398. The highest BCUT2D eigenvalue weighted by Crippen LogP contribution is 2.25. The molecule has 0 bridgehead atoms. The maximum Gasteiger partial charge on any atom is 0.234 e. The average molecular weight is 262 g/mol. The van der Waals surface area contributed by atoms with Gasteiger partial charge in [0.05, 0.1) is 12.6 Å². The summed E-state index contributed by atoms with van der Waals surface area (Å²) >= 11 is 0. The molecule has 2 unspecified atom stereocenters. The van der Waals surface area contributed by atoms with Crippen molar-refractivity contribution in [2.75, 3.05) is 6.54 Å². The van der Waals surface area contributed by atoms with Gasteiger partial charge in [0, 0.05) is 0 Å². The number of hydrogen-bond donors (Lipinski definition) is 2. The predicted octanol–water partition coefficient (Wildman–Crippen LogP) is 2.97. The summed E-state index contributed by atoms with van der Waals surface area (Å²) in [5.41, 5.74) is 7.86. The SMILES string of the molecule is CCC(C)c1ccc(C(NC(=O)CN)C(C)C)cc1. The van der Waals surface area contributed by atoms with E-state index in [2.05, 4.69) is 57.3 Å². The van der Waals surface area contributed by atoms with Gasteiger partial charge in [-0.3, -0.25) is 4.79 Å². The van der Waals surface area contributed by atoms with Crippen LogP contribution in [0.1, 0.15) is 57.2 Å². The van der Waals surface area contributed by atoms with Crippen molar-refractivity contribution in [3.05, 3.63) is 35.4 Å². The molecule has 0 aromatic heterocycles. The van der Waals surface area contributed by atoms with E-state index < -0.39 is 0 Å². The van der Waals surface area contributed by atoms with Crippen LogP contribution in [0.5, 0.6) is 0 Å². The average Bonchev–Trinajstić information content (AvgIpc) is 2.43. The zero-order valence-corrected chi connectivity index (χ0v) is 12.4. The first-order valence-electron chi connectivity index (χ1n) is 7.08. The van der Waals surface area contributed by atoms with Gasteiger partial charge in [-0.05, 0) is 29.4 Å². The molecule has 0 aliphatic heterocycles. The Morgan fingerprint density at radius 2 is 1.68 bits per heavy atom. The van der Waals surface area contributed by atoms with E-state index in [1.165, 1.54) is 5.56 Å². The van der Waals surface area contributed by atoms with Gasteiger partial charge in [0.1, 0.15) is 0 Å². The molecule has 3 nitrogen and oxygen atoms in total. The molecular weight excluding hydrogens is 236 g/mol. The Morgan fingerprint density at radius 3 is 2.11 bits per heavy atom. The molecule has 0 saturated carbocycles. The van der Waals surface area contributed by atoms with E-state index >= 15 is 0 Å². The van der Waals surface area contributed by atoms with Crippen LogP contribution in [-0.4, -0.2) is 12.5 Å². The largest absolute Gasteiger partial charge is 0.348 e. The second-order valence-corrected chi connectivity index (χ2v) is 5.47. The van der Waals surface area contributed by atoms with Crippen molar-refractivity contribution in [2.24, 2.45) is 11.7 Å². The fraction of sp³-hybridized carbons (Fsp3) is 0.562. The molecule has 0 saturated heterocycles. The maximum atomic E-state index is 11.5. The lowest BCUT2D eigenvalue weighted by Gasteiger charge is -2.23. The van der Waals surface area contributed by atoms with Gasteiger partial charge in [0.25, 0.3) is 0 Å². The topological polar surface area (TPSA) is 55.1 Å².